The van der Waals surface area contributed by atoms with Gasteiger partial charge in [-0.1, -0.05) is 71.8 Å². The molecule has 0 amide bonds. The highest BCUT2D eigenvalue weighted by Crippen LogP contribution is 2.39. The zero-order chi connectivity index (χ0) is 29.9. The molecule has 2 aliphatic rings. The first-order valence-corrected chi connectivity index (χ1v) is 14.7. The number of ether oxygens (including phenoxy) is 3. The molecule has 5 atom stereocenters. The van der Waals surface area contributed by atoms with E-state index in [1.165, 1.54) is 18.2 Å². The van der Waals surface area contributed by atoms with Crippen molar-refractivity contribution in [1.82, 2.24) is 0 Å². The van der Waals surface area contributed by atoms with E-state index in [0.717, 1.165) is 41.5 Å². The van der Waals surface area contributed by atoms with Crippen molar-refractivity contribution in [3.05, 3.63) is 107 Å². The van der Waals surface area contributed by atoms with Crippen LogP contribution in [0.4, 0.5) is 0 Å². The van der Waals surface area contributed by atoms with Crippen molar-refractivity contribution >= 4 is 30.1 Å². The van der Waals surface area contributed by atoms with E-state index in [1.807, 2.05) is 69.3 Å². The molecule has 0 bridgehead atoms. The predicted octanol–water partition coefficient (Wildman–Crippen LogP) is 7.11. The van der Waals surface area contributed by atoms with E-state index >= 15 is 0 Å². The van der Waals surface area contributed by atoms with Crippen LogP contribution in [0.25, 0.3) is 12.2 Å². The number of benzene rings is 2. The topological polar surface area (TPSA) is 78.9 Å². The lowest BCUT2D eigenvalue weighted by Crippen LogP contribution is -2.27. The number of aryl methyl sites for hydroxylation is 2. The quantitative estimate of drug-likeness (QED) is 0.160. The highest BCUT2D eigenvalue weighted by Gasteiger charge is 2.40. The minimum absolute atomic E-state index is 0.00148. The second-order valence-electron chi connectivity index (χ2n) is 11.2. The van der Waals surface area contributed by atoms with Crippen LogP contribution in [0, 0.1) is 25.7 Å². The lowest BCUT2D eigenvalue weighted by Gasteiger charge is -2.24. The lowest BCUT2D eigenvalue weighted by molar-refractivity contribution is -0.146. The maximum absolute atomic E-state index is 12.9. The molecule has 220 valence electrons. The van der Waals surface area contributed by atoms with E-state index in [4.69, 9.17) is 14.2 Å². The molecule has 1 aliphatic carbocycles. The summed E-state index contributed by atoms with van der Waals surface area (Å²) in [5, 5.41) is 0. The molecule has 1 fully saturated rings. The van der Waals surface area contributed by atoms with Crippen molar-refractivity contribution in [2.75, 3.05) is 0 Å². The maximum atomic E-state index is 12.9. The minimum Gasteiger partial charge on any atom is -0.460 e. The molecular weight excluding hydrogens is 528 g/mol. The summed E-state index contributed by atoms with van der Waals surface area (Å²) in [7, 11) is 0. The summed E-state index contributed by atoms with van der Waals surface area (Å²) >= 11 is 0. The van der Waals surface area contributed by atoms with Crippen LogP contribution in [0.15, 0.2) is 85.0 Å². The highest BCUT2D eigenvalue weighted by atomic mass is 16.6. The molecule has 2 aromatic rings. The number of allylic oxidation sites excluding steroid dienone is 2. The number of hydrogen-bond donors (Lipinski definition) is 0. The summed E-state index contributed by atoms with van der Waals surface area (Å²) in [5.41, 5.74) is 4.08. The number of carbonyl (C=O) groups is 3. The van der Waals surface area contributed by atoms with E-state index in [0.29, 0.717) is 12.8 Å². The monoisotopic (exact) mass is 568 g/mol. The van der Waals surface area contributed by atoms with Crippen LogP contribution < -0.4 is 0 Å². The van der Waals surface area contributed by atoms with E-state index in [2.05, 4.69) is 12.2 Å². The van der Waals surface area contributed by atoms with Gasteiger partial charge in [-0.25, -0.2) is 14.4 Å². The first kappa shape index (κ1) is 30.8. The Hall–Kier alpha value is -4.19. The van der Waals surface area contributed by atoms with Crippen LogP contribution in [0.2, 0.25) is 0 Å². The number of cyclic esters (lactones) is 1. The van der Waals surface area contributed by atoms with Gasteiger partial charge in [-0.3, -0.25) is 0 Å². The van der Waals surface area contributed by atoms with Crippen molar-refractivity contribution in [2.24, 2.45) is 11.8 Å². The molecule has 0 spiro atoms. The van der Waals surface area contributed by atoms with E-state index in [1.54, 1.807) is 18.2 Å². The van der Waals surface area contributed by atoms with Gasteiger partial charge in [-0.05, 0) is 88.1 Å². The molecule has 0 radical (unpaired) electrons. The summed E-state index contributed by atoms with van der Waals surface area (Å²) in [4.78, 5) is 38.1. The maximum Gasteiger partial charge on any atom is 0.331 e. The molecule has 6 nitrogen and oxygen atoms in total. The van der Waals surface area contributed by atoms with Gasteiger partial charge in [0.15, 0.2) is 0 Å². The van der Waals surface area contributed by atoms with Gasteiger partial charge >= 0.3 is 17.9 Å². The molecular formula is C36H40O6. The van der Waals surface area contributed by atoms with Crippen LogP contribution in [0.5, 0.6) is 0 Å². The van der Waals surface area contributed by atoms with Crippen LogP contribution in [-0.4, -0.2) is 36.2 Å². The van der Waals surface area contributed by atoms with Crippen LogP contribution in [0.1, 0.15) is 61.3 Å². The Labute approximate surface area is 248 Å². The van der Waals surface area contributed by atoms with E-state index in [9.17, 15) is 14.4 Å². The van der Waals surface area contributed by atoms with Gasteiger partial charge < -0.3 is 14.2 Å². The SMILES string of the molecule is Cc1ccc(/C=C/C(=O)O[C@@H]2C[C@@H]3[C@H](/C=C/CCC[C@H](C)OC(=O)C=C[C@H]3OC(=O)/C=C/c3ccc(C)cc3)C2)cc1. The third-order valence-corrected chi connectivity index (χ3v) is 7.66. The van der Waals surface area contributed by atoms with Gasteiger partial charge in [-0.2, -0.15) is 0 Å². The Bertz CT molecular complexity index is 1330. The number of fused-ring (bicyclic) bond motifs is 1. The molecule has 0 N–H and O–H groups in total. The molecule has 0 unspecified atom stereocenters. The minimum atomic E-state index is -0.703. The summed E-state index contributed by atoms with van der Waals surface area (Å²) in [6, 6.07) is 15.7. The normalized spacial score (nSPS) is 25.6. The van der Waals surface area contributed by atoms with Crippen molar-refractivity contribution in [1.29, 1.82) is 0 Å². The Balaban J connectivity index is 1.50. The standard InChI is InChI=1S/C36H40O6/c1-25-9-13-28(14-10-25)17-20-35(38)41-31-23-30-8-6-4-5-7-27(3)40-34(37)22-19-33(32(30)24-31)42-36(39)21-18-29-15-11-26(2)12-16-29/h6,8-22,27,30-33H,4-5,7,23-24H2,1-3H3/b8-6+,20-17+,21-18+,22-19?/t27-,30+,31-,32+,33+/m0/s1. The lowest BCUT2D eigenvalue weighted by atomic mass is 9.89. The van der Waals surface area contributed by atoms with Crippen molar-refractivity contribution < 1.29 is 28.6 Å². The third-order valence-electron chi connectivity index (χ3n) is 7.66. The fourth-order valence-corrected chi connectivity index (χ4v) is 5.34. The number of rotatable bonds is 6. The molecule has 1 heterocycles. The number of hydrogen-bond acceptors (Lipinski definition) is 6. The second kappa shape index (κ2) is 15.2. The van der Waals surface area contributed by atoms with Crippen molar-refractivity contribution in [3.63, 3.8) is 0 Å². The van der Waals surface area contributed by atoms with Crippen molar-refractivity contribution in [2.45, 2.75) is 71.2 Å². The summed E-state index contributed by atoms with van der Waals surface area (Å²) < 4.78 is 17.3. The average Bonchev–Trinajstić information content (AvgIpc) is 3.36. The van der Waals surface area contributed by atoms with Crippen LogP contribution in [0.3, 0.4) is 0 Å². The molecule has 6 heteroatoms. The van der Waals surface area contributed by atoms with Gasteiger partial charge in [0.05, 0.1) is 6.10 Å². The molecule has 42 heavy (non-hydrogen) atoms. The molecule has 0 aromatic heterocycles. The highest BCUT2D eigenvalue weighted by molar-refractivity contribution is 5.88. The predicted molar refractivity (Wildman–Crippen MR) is 164 cm³/mol. The van der Waals surface area contributed by atoms with Crippen molar-refractivity contribution in [3.8, 4) is 0 Å². The molecule has 0 saturated heterocycles. The average molecular weight is 569 g/mol. The summed E-state index contributed by atoms with van der Waals surface area (Å²) in [5.74, 6) is -1.58. The van der Waals surface area contributed by atoms with Crippen LogP contribution >= 0.6 is 0 Å². The first-order chi connectivity index (χ1) is 20.2. The molecule has 1 saturated carbocycles. The van der Waals surface area contributed by atoms with Gasteiger partial charge in [0.2, 0.25) is 0 Å². The largest absolute Gasteiger partial charge is 0.460 e. The Kier molecular flexibility index (Phi) is 11.1. The smallest absolute Gasteiger partial charge is 0.331 e. The molecule has 2 aromatic carbocycles. The fraction of sp³-hybridized carbons (Fsp3) is 0.361. The van der Waals surface area contributed by atoms with Crippen LogP contribution in [-0.2, 0) is 28.6 Å². The van der Waals surface area contributed by atoms with Gasteiger partial charge in [0, 0.05) is 24.1 Å². The Morgan fingerprint density at radius 2 is 1.43 bits per heavy atom. The molecule has 1 aliphatic heterocycles. The van der Waals surface area contributed by atoms with E-state index < -0.39 is 24.0 Å². The van der Waals surface area contributed by atoms with Gasteiger partial charge in [-0.15, -0.1) is 0 Å². The van der Waals surface area contributed by atoms with Gasteiger partial charge in [0.1, 0.15) is 12.2 Å². The first-order valence-electron chi connectivity index (χ1n) is 14.7. The third kappa shape index (κ3) is 9.72. The summed E-state index contributed by atoms with van der Waals surface area (Å²) in [6.07, 6.45) is 15.8. The number of carbonyl (C=O) groups excluding carboxylic acids is 3. The van der Waals surface area contributed by atoms with E-state index in [-0.39, 0.29) is 24.0 Å². The Morgan fingerprint density at radius 3 is 2.05 bits per heavy atom. The second-order valence-corrected chi connectivity index (χ2v) is 11.2. The summed E-state index contributed by atoms with van der Waals surface area (Å²) in [6.45, 7) is 5.89. The Morgan fingerprint density at radius 1 is 0.833 bits per heavy atom. The molecule has 4 rings (SSSR count). The fourth-order valence-electron chi connectivity index (χ4n) is 5.34. The zero-order valence-corrected chi connectivity index (χ0v) is 24.6. The number of esters is 3. The van der Waals surface area contributed by atoms with Gasteiger partial charge in [0.25, 0.3) is 0 Å². The zero-order valence-electron chi connectivity index (χ0n) is 24.6.